The largest absolute Gasteiger partial charge is 0.481 e. The number of hydrogen-bond donors (Lipinski definition) is 1. The van der Waals surface area contributed by atoms with Crippen molar-refractivity contribution in [3.05, 3.63) is 0 Å². The third-order valence-corrected chi connectivity index (χ3v) is 2.42. The predicted molar refractivity (Wildman–Crippen MR) is 62.7 cm³/mol. The Kier molecular flexibility index (Phi) is 8.40. The van der Waals surface area contributed by atoms with Gasteiger partial charge in [-0.3, -0.25) is 4.79 Å². The maximum absolute atomic E-state index is 11.6. The van der Waals surface area contributed by atoms with E-state index < -0.39 is 18.0 Å². The highest BCUT2D eigenvalue weighted by Gasteiger charge is 2.21. The summed E-state index contributed by atoms with van der Waals surface area (Å²) in [5.41, 5.74) is 0. The minimum Gasteiger partial charge on any atom is -0.481 e. The highest BCUT2D eigenvalue weighted by atomic mass is 16.6. The molecule has 0 saturated carbocycles. The van der Waals surface area contributed by atoms with Gasteiger partial charge in [-0.15, -0.1) is 0 Å². The van der Waals surface area contributed by atoms with Crippen LogP contribution in [-0.2, 0) is 19.1 Å². The van der Waals surface area contributed by atoms with Gasteiger partial charge in [-0.2, -0.15) is 0 Å². The molecule has 2 unspecified atom stereocenters. The van der Waals surface area contributed by atoms with E-state index >= 15 is 0 Å². The Bertz CT molecular complexity index is 239. The molecule has 1 N–H and O–H groups in total. The number of rotatable bonds is 9. The molecule has 0 fully saturated rings. The van der Waals surface area contributed by atoms with Crippen molar-refractivity contribution in [2.75, 3.05) is 7.11 Å². The molecule has 0 aliphatic heterocycles. The molecular formula is C12H22O5. The highest BCUT2D eigenvalue weighted by Crippen LogP contribution is 2.09. The molecule has 0 radical (unpaired) electrons. The Morgan fingerprint density at radius 1 is 1.29 bits per heavy atom. The average Bonchev–Trinajstić information content (AvgIpc) is 2.24. The average molecular weight is 246 g/mol. The monoisotopic (exact) mass is 246 g/mol. The van der Waals surface area contributed by atoms with E-state index in [0.29, 0.717) is 12.8 Å². The van der Waals surface area contributed by atoms with Crippen LogP contribution in [0.2, 0.25) is 0 Å². The van der Waals surface area contributed by atoms with Crippen molar-refractivity contribution < 1.29 is 24.2 Å². The number of esters is 1. The lowest BCUT2D eigenvalue weighted by atomic mass is 10.1. The number of carbonyl (C=O) groups excluding carboxylic acids is 1. The van der Waals surface area contributed by atoms with Gasteiger partial charge in [0.05, 0.1) is 6.10 Å². The summed E-state index contributed by atoms with van der Waals surface area (Å²) in [4.78, 5) is 22.0. The van der Waals surface area contributed by atoms with E-state index in [1.807, 2.05) is 13.8 Å². The number of methoxy groups -OCH3 is 1. The zero-order chi connectivity index (χ0) is 13.3. The number of carbonyl (C=O) groups is 2. The van der Waals surface area contributed by atoms with E-state index in [4.69, 9.17) is 14.6 Å². The van der Waals surface area contributed by atoms with Crippen LogP contribution in [0.4, 0.5) is 0 Å². The van der Waals surface area contributed by atoms with E-state index in [0.717, 1.165) is 12.8 Å². The van der Waals surface area contributed by atoms with Gasteiger partial charge in [-0.1, -0.05) is 13.3 Å². The molecular weight excluding hydrogens is 224 g/mol. The standard InChI is InChI=1S/C12H22O5/c1-4-6-9(2)17-12(15)10(16-3)7-5-8-11(13)14/h9-10H,4-8H2,1-3H3,(H,13,14). The van der Waals surface area contributed by atoms with Gasteiger partial charge < -0.3 is 14.6 Å². The molecule has 0 saturated heterocycles. The minimum atomic E-state index is -0.868. The van der Waals surface area contributed by atoms with Crippen LogP contribution in [0.15, 0.2) is 0 Å². The smallest absolute Gasteiger partial charge is 0.335 e. The second-order valence-corrected chi connectivity index (χ2v) is 4.05. The Morgan fingerprint density at radius 3 is 2.41 bits per heavy atom. The number of carboxylic acid groups (broad SMARTS) is 1. The summed E-state index contributed by atoms with van der Waals surface area (Å²) in [5, 5.41) is 8.50. The molecule has 0 heterocycles. The van der Waals surface area contributed by atoms with Gasteiger partial charge in [0.1, 0.15) is 0 Å². The van der Waals surface area contributed by atoms with Crippen molar-refractivity contribution in [1.82, 2.24) is 0 Å². The molecule has 5 nitrogen and oxygen atoms in total. The third-order valence-electron chi connectivity index (χ3n) is 2.42. The number of aliphatic carboxylic acids is 1. The van der Waals surface area contributed by atoms with Crippen LogP contribution in [0.3, 0.4) is 0 Å². The fourth-order valence-electron chi connectivity index (χ4n) is 1.51. The van der Waals surface area contributed by atoms with Crippen LogP contribution in [0, 0.1) is 0 Å². The van der Waals surface area contributed by atoms with Crippen LogP contribution in [0.1, 0.15) is 46.0 Å². The van der Waals surface area contributed by atoms with E-state index in [9.17, 15) is 9.59 Å². The van der Waals surface area contributed by atoms with E-state index in [1.54, 1.807) is 0 Å². The van der Waals surface area contributed by atoms with Gasteiger partial charge in [-0.05, 0) is 26.2 Å². The number of carboxylic acids is 1. The lowest BCUT2D eigenvalue weighted by molar-refractivity contribution is -0.161. The quantitative estimate of drug-likeness (QED) is 0.630. The zero-order valence-corrected chi connectivity index (χ0v) is 10.8. The van der Waals surface area contributed by atoms with Gasteiger partial charge in [-0.25, -0.2) is 4.79 Å². The van der Waals surface area contributed by atoms with Gasteiger partial charge >= 0.3 is 11.9 Å². The van der Waals surface area contributed by atoms with Crippen LogP contribution in [-0.4, -0.2) is 36.4 Å². The van der Waals surface area contributed by atoms with Gasteiger partial charge in [0.15, 0.2) is 6.10 Å². The maximum atomic E-state index is 11.6. The highest BCUT2D eigenvalue weighted by molar-refractivity contribution is 5.75. The fourth-order valence-corrected chi connectivity index (χ4v) is 1.51. The Labute approximate surface area is 102 Å². The lowest BCUT2D eigenvalue weighted by Crippen LogP contribution is -2.28. The van der Waals surface area contributed by atoms with E-state index in [2.05, 4.69) is 0 Å². The van der Waals surface area contributed by atoms with Crippen LogP contribution in [0.25, 0.3) is 0 Å². The van der Waals surface area contributed by atoms with Crippen molar-refractivity contribution in [2.24, 2.45) is 0 Å². The summed E-state index contributed by atoms with van der Waals surface area (Å²) in [6, 6.07) is 0. The molecule has 0 bridgehead atoms. The van der Waals surface area contributed by atoms with Gasteiger partial charge in [0.2, 0.25) is 0 Å². The Hall–Kier alpha value is -1.10. The normalized spacial score (nSPS) is 14.1. The predicted octanol–water partition coefficient (Wildman–Crippen LogP) is 1.99. The fraction of sp³-hybridized carbons (Fsp3) is 0.833. The third kappa shape index (κ3) is 7.74. The molecule has 0 aliphatic carbocycles. The maximum Gasteiger partial charge on any atom is 0.335 e. The van der Waals surface area contributed by atoms with E-state index in [-0.39, 0.29) is 12.5 Å². The van der Waals surface area contributed by atoms with Crippen molar-refractivity contribution >= 4 is 11.9 Å². The first-order chi connectivity index (χ1) is 8.01. The number of hydrogen-bond acceptors (Lipinski definition) is 4. The second-order valence-electron chi connectivity index (χ2n) is 4.05. The molecule has 0 rings (SSSR count). The molecule has 0 aromatic rings. The minimum absolute atomic E-state index is 0.0393. The molecule has 0 aliphatic rings. The first kappa shape index (κ1) is 15.9. The lowest BCUT2D eigenvalue weighted by Gasteiger charge is -2.17. The van der Waals surface area contributed by atoms with Crippen LogP contribution >= 0.6 is 0 Å². The molecule has 17 heavy (non-hydrogen) atoms. The van der Waals surface area contributed by atoms with Crippen molar-refractivity contribution in [3.63, 3.8) is 0 Å². The zero-order valence-electron chi connectivity index (χ0n) is 10.8. The molecule has 0 spiro atoms. The summed E-state index contributed by atoms with van der Waals surface area (Å²) in [6.07, 6.45) is 1.81. The first-order valence-electron chi connectivity index (χ1n) is 5.96. The summed E-state index contributed by atoms with van der Waals surface area (Å²) in [6.45, 7) is 3.86. The molecule has 5 heteroatoms. The van der Waals surface area contributed by atoms with Crippen LogP contribution < -0.4 is 0 Å². The molecule has 0 amide bonds. The topological polar surface area (TPSA) is 72.8 Å². The Balaban J connectivity index is 3.98. The molecule has 0 aromatic carbocycles. The van der Waals surface area contributed by atoms with Gasteiger partial charge in [0, 0.05) is 13.5 Å². The van der Waals surface area contributed by atoms with Crippen LogP contribution in [0.5, 0.6) is 0 Å². The SMILES string of the molecule is CCCC(C)OC(=O)C(CCCC(=O)O)OC. The number of ether oxygens (including phenoxy) is 2. The summed E-state index contributed by atoms with van der Waals surface area (Å²) >= 11 is 0. The van der Waals surface area contributed by atoms with Crippen molar-refractivity contribution in [2.45, 2.75) is 58.2 Å². The van der Waals surface area contributed by atoms with Crippen molar-refractivity contribution in [3.8, 4) is 0 Å². The Morgan fingerprint density at radius 2 is 1.94 bits per heavy atom. The van der Waals surface area contributed by atoms with Gasteiger partial charge in [0.25, 0.3) is 0 Å². The molecule has 2 atom stereocenters. The summed E-state index contributed by atoms with van der Waals surface area (Å²) in [5.74, 6) is -1.27. The molecule has 0 aromatic heterocycles. The summed E-state index contributed by atoms with van der Waals surface area (Å²) < 4.78 is 10.2. The van der Waals surface area contributed by atoms with Crippen molar-refractivity contribution in [1.29, 1.82) is 0 Å². The van der Waals surface area contributed by atoms with E-state index in [1.165, 1.54) is 7.11 Å². The summed E-state index contributed by atoms with van der Waals surface area (Å²) in [7, 11) is 1.43. The first-order valence-corrected chi connectivity index (χ1v) is 5.96. The second kappa shape index (κ2) is 8.98. The molecule has 100 valence electrons.